The van der Waals surface area contributed by atoms with Gasteiger partial charge < -0.3 is 23.5 Å². The molecule has 0 radical (unpaired) electrons. The predicted molar refractivity (Wildman–Crippen MR) is 173 cm³/mol. The fraction of sp³-hybridized carbons (Fsp3) is 0.781. The molecule has 0 N–H and O–H groups in total. The fourth-order valence-corrected chi connectivity index (χ4v) is 5.94. The number of amides is 1. The van der Waals surface area contributed by atoms with Crippen molar-refractivity contribution in [3.8, 4) is 12.3 Å². The minimum atomic E-state index is -1.86. The minimum Gasteiger partial charge on any atom is -0.461 e. The van der Waals surface area contributed by atoms with E-state index >= 15 is 0 Å². The van der Waals surface area contributed by atoms with Gasteiger partial charge in [-0.05, 0) is 71.0 Å². The number of thiazole rings is 1. The number of rotatable bonds is 17. The molecule has 1 aromatic heterocycles. The number of hydrogen-bond acceptors (Lipinski definition) is 8. The fourth-order valence-electron chi connectivity index (χ4n) is 4.00. The molecule has 1 rings (SSSR count). The molecule has 1 heterocycles. The van der Waals surface area contributed by atoms with Crippen molar-refractivity contribution in [2.75, 3.05) is 26.4 Å². The van der Waals surface area contributed by atoms with E-state index in [0.29, 0.717) is 37.6 Å². The highest BCUT2D eigenvalue weighted by molar-refractivity contribution is 7.09. The van der Waals surface area contributed by atoms with Crippen molar-refractivity contribution in [2.45, 2.75) is 130 Å². The van der Waals surface area contributed by atoms with Crippen LogP contribution in [-0.2, 0) is 18.6 Å². The molecule has 10 heteroatoms. The SMILES string of the molecule is C#CCCCCN(C(=O)OC(C)(C)C)C(CC(OCCCO[Si](C)(C)C(C)(C)C)c1nc(C(=O)OCC)cs1)C(C)C. The lowest BCUT2D eigenvalue weighted by Crippen LogP contribution is -2.47. The molecule has 0 aliphatic heterocycles. The summed E-state index contributed by atoms with van der Waals surface area (Å²) in [5, 5.41) is 2.53. The van der Waals surface area contributed by atoms with Crippen LogP contribution in [0.5, 0.6) is 0 Å². The van der Waals surface area contributed by atoms with Crippen LogP contribution in [0, 0.1) is 18.3 Å². The average Bonchev–Trinajstić information content (AvgIpc) is 3.35. The second-order valence-electron chi connectivity index (χ2n) is 13.5. The number of unbranched alkanes of at least 4 members (excludes halogenated alkanes) is 2. The summed E-state index contributed by atoms with van der Waals surface area (Å²) in [6.07, 6.45) is 8.18. The Kier molecular flexibility index (Phi) is 15.8. The Balaban J connectivity index is 3.22. The van der Waals surface area contributed by atoms with Gasteiger partial charge in [-0.15, -0.1) is 23.7 Å². The van der Waals surface area contributed by atoms with Crippen molar-refractivity contribution in [3.05, 3.63) is 16.1 Å². The lowest BCUT2D eigenvalue weighted by molar-refractivity contribution is -0.0120. The Morgan fingerprint density at radius 2 is 1.76 bits per heavy atom. The van der Waals surface area contributed by atoms with Gasteiger partial charge in [0.1, 0.15) is 16.7 Å². The molecule has 240 valence electrons. The van der Waals surface area contributed by atoms with Crippen molar-refractivity contribution >= 4 is 31.7 Å². The predicted octanol–water partition coefficient (Wildman–Crippen LogP) is 8.24. The van der Waals surface area contributed by atoms with Crippen molar-refractivity contribution in [3.63, 3.8) is 0 Å². The Hall–Kier alpha value is -1.93. The first-order valence-electron chi connectivity index (χ1n) is 15.2. The number of hydrogen-bond donors (Lipinski definition) is 0. The van der Waals surface area contributed by atoms with E-state index in [4.69, 9.17) is 25.1 Å². The van der Waals surface area contributed by atoms with Crippen LogP contribution in [0.15, 0.2) is 5.38 Å². The summed E-state index contributed by atoms with van der Waals surface area (Å²) in [7, 11) is -1.86. The van der Waals surface area contributed by atoms with Crippen LogP contribution >= 0.6 is 11.3 Å². The molecule has 2 unspecified atom stereocenters. The van der Waals surface area contributed by atoms with E-state index < -0.39 is 26.0 Å². The van der Waals surface area contributed by atoms with E-state index in [1.54, 1.807) is 12.3 Å². The second kappa shape index (κ2) is 17.4. The van der Waals surface area contributed by atoms with Crippen LogP contribution in [0.1, 0.15) is 116 Å². The number of esters is 1. The van der Waals surface area contributed by atoms with Gasteiger partial charge in [-0.3, -0.25) is 0 Å². The summed E-state index contributed by atoms with van der Waals surface area (Å²) in [6, 6.07) is -0.186. The Labute approximate surface area is 260 Å². The summed E-state index contributed by atoms with van der Waals surface area (Å²) in [5.41, 5.74) is -0.356. The summed E-state index contributed by atoms with van der Waals surface area (Å²) < 4.78 is 23.8. The molecule has 0 bridgehead atoms. The highest BCUT2D eigenvalue weighted by Crippen LogP contribution is 2.37. The number of ether oxygens (including phenoxy) is 3. The number of carbonyl (C=O) groups is 2. The molecule has 1 amide bonds. The van der Waals surface area contributed by atoms with Gasteiger partial charge in [-0.1, -0.05) is 34.6 Å². The lowest BCUT2D eigenvalue weighted by atomic mass is 9.96. The third kappa shape index (κ3) is 13.1. The van der Waals surface area contributed by atoms with Gasteiger partial charge in [0, 0.05) is 44.0 Å². The molecule has 1 aromatic rings. The van der Waals surface area contributed by atoms with Crippen molar-refractivity contribution in [2.24, 2.45) is 5.92 Å². The zero-order valence-electron chi connectivity index (χ0n) is 28.0. The van der Waals surface area contributed by atoms with Gasteiger partial charge in [0.05, 0.1) is 6.61 Å². The second-order valence-corrected chi connectivity index (χ2v) is 19.2. The molecule has 0 aliphatic carbocycles. The van der Waals surface area contributed by atoms with Crippen LogP contribution in [-0.4, -0.2) is 68.3 Å². The first-order chi connectivity index (χ1) is 19.4. The van der Waals surface area contributed by atoms with Crippen LogP contribution in [0.2, 0.25) is 18.1 Å². The standard InChI is InChI=1S/C32H56N2O6SSi/c1-13-15-16-17-19-34(30(36)40-31(5,6)7)26(24(3)4)22-27(28-33-25(23-41-28)29(35)37-14-2)38-20-18-21-39-42(11,12)32(8,9)10/h1,23-24,26-27H,14-22H2,2-12H3. The molecule has 0 saturated carbocycles. The monoisotopic (exact) mass is 624 g/mol. The zero-order chi connectivity index (χ0) is 32.1. The smallest absolute Gasteiger partial charge is 0.410 e. The molecule has 8 nitrogen and oxygen atoms in total. The topological polar surface area (TPSA) is 87.2 Å². The van der Waals surface area contributed by atoms with Crippen LogP contribution in [0.25, 0.3) is 0 Å². The van der Waals surface area contributed by atoms with E-state index in [2.05, 4.69) is 58.6 Å². The molecule has 0 fully saturated rings. The number of nitrogens with zero attached hydrogens (tertiary/aromatic N) is 2. The maximum Gasteiger partial charge on any atom is 0.410 e. The Morgan fingerprint density at radius 3 is 2.31 bits per heavy atom. The number of terminal acetylenes is 1. The largest absolute Gasteiger partial charge is 0.461 e. The van der Waals surface area contributed by atoms with Gasteiger partial charge in [0.2, 0.25) is 0 Å². The third-order valence-electron chi connectivity index (χ3n) is 7.38. The van der Waals surface area contributed by atoms with Gasteiger partial charge in [-0.2, -0.15) is 0 Å². The van der Waals surface area contributed by atoms with Crippen LogP contribution in [0.4, 0.5) is 4.79 Å². The van der Waals surface area contributed by atoms with Crippen LogP contribution in [0.3, 0.4) is 0 Å². The zero-order valence-corrected chi connectivity index (χ0v) is 29.8. The molecule has 42 heavy (non-hydrogen) atoms. The highest BCUT2D eigenvalue weighted by Gasteiger charge is 2.37. The summed E-state index contributed by atoms with van der Waals surface area (Å²) in [6.45, 7) is 24.6. The highest BCUT2D eigenvalue weighted by atomic mass is 32.1. The van der Waals surface area contributed by atoms with E-state index in [0.717, 1.165) is 19.3 Å². The van der Waals surface area contributed by atoms with Gasteiger partial charge in [0.15, 0.2) is 14.0 Å². The summed E-state index contributed by atoms with van der Waals surface area (Å²) in [4.78, 5) is 32.3. The first kappa shape index (κ1) is 38.1. The quantitative estimate of drug-likeness (QED) is 0.0746. The Morgan fingerprint density at radius 1 is 1.10 bits per heavy atom. The maximum atomic E-state index is 13.5. The molecule has 2 atom stereocenters. The van der Waals surface area contributed by atoms with E-state index in [1.807, 2.05) is 25.7 Å². The van der Waals surface area contributed by atoms with Gasteiger partial charge >= 0.3 is 12.1 Å². The summed E-state index contributed by atoms with van der Waals surface area (Å²) >= 11 is 1.37. The maximum absolute atomic E-state index is 13.5. The molecule has 0 spiro atoms. The first-order valence-corrected chi connectivity index (χ1v) is 19.0. The van der Waals surface area contributed by atoms with E-state index in [-0.39, 0.29) is 35.4 Å². The minimum absolute atomic E-state index is 0.114. The van der Waals surface area contributed by atoms with Crippen molar-refractivity contribution in [1.82, 2.24) is 9.88 Å². The normalized spacial score (nSPS) is 13.9. The average molecular weight is 625 g/mol. The molecular weight excluding hydrogens is 569 g/mol. The number of carbonyl (C=O) groups excluding carboxylic acids is 2. The van der Waals surface area contributed by atoms with Crippen LogP contribution < -0.4 is 0 Å². The molecule has 0 aromatic carbocycles. The molecule has 0 aliphatic rings. The van der Waals surface area contributed by atoms with Gasteiger partial charge in [0.25, 0.3) is 0 Å². The third-order valence-corrected chi connectivity index (χ3v) is 12.9. The number of aromatic nitrogens is 1. The molecule has 0 saturated heterocycles. The van der Waals surface area contributed by atoms with Crippen molar-refractivity contribution in [1.29, 1.82) is 0 Å². The Bertz CT molecular complexity index is 1010. The van der Waals surface area contributed by atoms with E-state index in [1.165, 1.54) is 11.3 Å². The van der Waals surface area contributed by atoms with E-state index in [9.17, 15) is 9.59 Å². The molecular formula is C32H56N2O6SSi. The lowest BCUT2D eigenvalue weighted by Gasteiger charge is -2.37. The van der Waals surface area contributed by atoms with Crippen molar-refractivity contribution < 1.29 is 28.2 Å². The van der Waals surface area contributed by atoms with Gasteiger partial charge in [-0.25, -0.2) is 14.6 Å². The summed E-state index contributed by atoms with van der Waals surface area (Å²) in [5.74, 6) is 2.34.